The summed E-state index contributed by atoms with van der Waals surface area (Å²) >= 11 is 0. The second kappa shape index (κ2) is 7.84. The van der Waals surface area contributed by atoms with Crippen LogP contribution in [0.3, 0.4) is 0 Å². The molecule has 0 radical (unpaired) electrons. The smallest absolute Gasteiger partial charge is 0.365 e. The molecule has 0 aliphatic carbocycles. The summed E-state index contributed by atoms with van der Waals surface area (Å²) in [6.07, 6.45) is -2.10. The second-order valence-electron chi connectivity index (χ2n) is 7.41. The average Bonchev–Trinajstić information content (AvgIpc) is 2.61. The number of halogens is 3. The highest BCUT2D eigenvalue weighted by Gasteiger charge is 2.30. The van der Waals surface area contributed by atoms with Crippen molar-refractivity contribution in [3.05, 3.63) is 41.5 Å². The van der Waals surface area contributed by atoms with Gasteiger partial charge < -0.3 is 5.32 Å². The third-order valence-corrected chi connectivity index (χ3v) is 5.01. The molecule has 0 amide bonds. The van der Waals surface area contributed by atoms with E-state index in [2.05, 4.69) is 34.3 Å². The van der Waals surface area contributed by atoms with Crippen molar-refractivity contribution in [3.8, 4) is 11.3 Å². The fourth-order valence-corrected chi connectivity index (χ4v) is 3.46. The summed E-state index contributed by atoms with van der Waals surface area (Å²) in [6, 6.07) is 7.78. The lowest BCUT2D eigenvalue weighted by Crippen LogP contribution is -2.45. The minimum atomic E-state index is -4.34. The minimum absolute atomic E-state index is 0.326. The predicted molar refractivity (Wildman–Crippen MR) is 101 cm³/mol. The number of likely N-dealkylation sites (tertiary alicyclic amines) is 1. The average molecular weight is 378 g/mol. The molecule has 4 nitrogen and oxygen atoms in total. The SMILES string of the molecule is Cc1cc(N[C@H]2CCCN(C(C)C)C2)nnc1-c1ccc(C(F)(F)F)cc1. The van der Waals surface area contributed by atoms with Crippen LogP contribution in [0.25, 0.3) is 11.3 Å². The first kappa shape index (κ1) is 19.6. The van der Waals surface area contributed by atoms with Crippen molar-refractivity contribution in [2.24, 2.45) is 0 Å². The van der Waals surface area contributed by atoms with E-state index >= 15 is 0 Å². The van der Waals surface area contributed by atoms with Gasteiger partial charge in [0, 0.05) is 24.2 Å². The van der Waals surface area contributed by atoms with Gasteiger partial charge in [-0.3, -0.25) is 4.90 Å². The standard InChI is InChI=1S/C20H25F3N4/c1-13(2)27-10-4-5-17(12-27)24-18-11-14(3)19(26-25-18)15-6-8-16(9-7-15)20(21,22)23/h6-9,11,13,17H,4-5,10,12H2,1-3H3,(H,24,25)/t17-/m0/s1. The van der Waals surface area contributed by atoms with Gasteiger partial charge in [-0.05, 0) is 63.9 Å². The lowest BCUT2D eigenvalue weighted by molar-refractivity contribution is -0.137. The number of hydrogen-bond donors (Lipinski definition) is 1. The van der Waals surface area contributed by atoms with Gasteiger partial charge in [0.05, 0.1) is 11.3 Å². The number of aromatic nitrogens is 2. The summed E-state index contributed by atoms with van der Waals surface area (Å²) in [6.45, 7) is 8.39. The highest BCUT2D eigenvalue weighted by molar-refractivity contribution is 5.64. The maximum atomic E-state index is 12.7. The van der Waals surface area contributed by atoms with Gasteiger partial charge in [0.15, 0.2) is 0 Å². The van der Waals surface area contributed by atoms with Gasteiger partial charge in [0.2, 0.25) is 0 Å². The van der Waals surface area contributed by atoms with E-state index in [1.807, 2.05) is 13.0 Å². The summed E-state index contributed by atoms with van der Waals surface area (Å²) in [5, 5.41) is 12.0. The largest absolute Gasteiger partial charge is 0.416 e. The number of hydrogen-bond acceptors (Lipinski definition) is 4. The van der Waals surface area contributed by atoms with Crippen molar-refractivity contribution in [1.29, 1.82) is 0 Å². The summed E-state index contributed by atoms with van der Waals surface area (Å²) in [4.78, 5) is 2.44. The number of benzene rings is 1. The first-order chi connectivity index (χ1) is 12.7. The van der Waals surface area contributed by atoms with E-state index in [4.69, 9.17) is 0 Å². The summed E-state index contributed by atoms with van der Waals surface area (Å²) in [5.41, 5.74) is 1.44. The molecule has 1 fully saturated rings. The Labute approximate surface area is 157 Å². The van der Waals surface area contributed by atoms with Crippen molar-refractivity contribution in [3.63, 3.8) is 0 Å². The predicted octanol–water partition coefficient (Wildman–Crippen LogP) is 4.76. The Hall–Kier alpha value is -2.15. The third-order valence-electron chi connectivity index (χ3n) is 5.01. The van der Waals surface area contributed by atoms with Crippen LogP contribution in [0.4, 0.5) is 19.0 Å². The van der Waals surface area contributed by atoms with Gasteiger partial charge >= 0.3 is 6.18 Å². The molecule has 1 aromatic heterocycles. The van der Waals surface area contributed by atoms with Crippen molar-refractivity contribution in [2.45, 2.75) is 51.9 Å². The molecule has 2 aromatic rings. The van der Waals surface area contributed by atoms with Crippen LogP contribution in [-0.4, -0.2) is 40.3 Å². The number of rotatable bonds is 4. The number of nitrogens with zero attached hydrogens (tertiary/aromatic N) is 3. The molecule has 1 aliphatic heterocycles. The number of piperidine rings is 1. The van der Waals surface area contributed by atoms with Crippen LogP contribution in [0.15, 0.2) is 30.3 Å². The number of aryl methyl sites for hydroxylation is 1. The summed E-state index contributed by atoms with van der Waals surface area (Å²) in [5.74, 6) is 0.707. The van der Waals surface area contributed by atoms with Gasteiger partial charge in [-0.15, -0.1) is 10.2 Å². The Morgan fingerprint density at radius 3 is 2.44 bits per heavy atom. The van der Waals surface area contributed by atoms with Crippen LogP contribution in [0.2, 0.25) is 0 Å². The van der Waals surface area contributed by atoms with Crippen LogP contribution < -0.4 is 5.32 Å². The normalized spacial score (nSPS) is 18.7. The molecule has 27 heavy (non-hydrogen) atoms. The number of anilines is 1. The Kier molecular flexibility index (Phi) is 5.69. The van der Waals surface area contributed by atoms with E-state index < -0.39 is 11.7 Å². The van der Waals surface area contributed by atoms with Crippen LogP contribution in [-0.2, 0) is 6.18 Å². The molecule has 0 saturated carbocycles. The van der Waals surface area contributed by atoms with E-state index in [0.29, 0.717) is 29.2 Å². The fraction of sp³-hybridized carbons (Fsp3) is 0.500. The van der Waals surface area contributed by atoms with E-state index in [1.165, 1.54) is 12.1 Å². The molecule has 1 aliphatic rings. The molecule has 1 atom stereocenters. The van der Waals surface area contributed by atoms with Crippen LogP contribution in [0.5, 0.6) is 0 Å². The van der Waals surface area contributed by atoms with Gasteiger partial charge in [-0.25, -0.2) is 0 Å². The molecule has 0 spiro atoms. The van der Waals surface area contributed by atoms with Gasteiger partial charge in [-0.1, -0.05) is 12.1 Å². The van der Waals surface area contributed by atoms with Gasteiger partial charge in [0.25, 0.3) is 0 Å². The van der Waals surface area contributed by atoms with Crippen LogP contribution in [0, 0.1) is 6.92 Å². The molecular weight excluding hydrogens is 353 g/mol. The van der Waals surface area contributed by atoms with Crippen molar-refractivity contribution >= 4 is 5.82 Å². The zero-order valence-corrected chi connectivity index (χ0v) is 15.8. The van der Waals surface area contributed by atoms with E-state index in [9.17, 15) is 13.2 Å². The van der Waals surface area contributed by atoms with Crippen molar-refractivity contribution < 1.29 is 13.2 Å². The molecule has 1 saturated heterocycles. The third kappa shape index (κ3) is 4.77. The number of alkyl halides is 3. The topological polar surface area (TPSA) is 41.0 Å². The number of nitrogens with one attached hydrogen (secondary N) is 1. The van der Waals surface area contributed by atoms with Gasteiger partial charge in [-0.2, -0.15) is 13.2 Å². The first-order valence-electron chi connectivity index (χ1n) is 9.26. The molecule has 2 heterocycles. The molecular formula is C20H25F3N4. The van der Waals surface area contributed by atoms with Gasteiger partial charge in [0.1, 0.15) is 5.82 Å². The molecule has 1 aromatic carbocycles. The Bertz CT molecular complexity index is 772. The quantitative estimate of drug-likeness (QED) is 0.833. The fourth-order valence-electron chi connectivity index (χ4n) is 3.46. The van der Waals surface area contributed by atoms with Crippen molar-refractivity contribution in [2.75, 3.05) is 18.4 Å². The van der Waals surface area contributed by atoms with E-state index in [-0.39, 0.29) is 0 Å². The first-order valence-corrected chi connectivity index (χ1v) is 9.26. The highest BCUT2D eigenvalue weighted by atomic mass is 19.4. The van der Waals surface area contributed by atoms with Crippen LogP contribution >= 0.6 is 0 Å². The zero-order chi connectivity index (χ0) is 19.6. The monoisotopic (exact) mass is 378 g/mol. The molecule has 7 heteroatoms. The second-order valence-corrected chi connectivity index (χ2v) is 7.41. The Balaban J connectivity index is 1.72. The maximum absolute atomic E-state index is 12.7. The molecule has 0 bridgehead atoms. The van der Waals surface area contributed by atoms with E-state index in [1.54, 1.807) is 0 Å². The van der Waals surface area contributed by atoms with Crippen molar-refractivity contribution in [1.82, 2.24) is 15.1 Å². The molecule has 1 N–H and O–H groups in total. The Morgan fingerprint density at radius 1 is 1.15 bits per heavy atom. The summed E-state index contributed by atoms with van der Waals surface area (Å²) in [7, 11) is 0. The Morgan fingerprint density at radius 2 is 1.85 bits per heavy atom. The summed E-state index contributed by atoms with van der Waals surface area (Å²) < 4.78 is 38.1. The molecule has 3 rings (SSSR count). The minimum Gasteiger partial charge on any atom is -0.365 e. The maximum Gasteiger partial charge on any atom is 0.416 e. The molecule has 0 unspecified atom stereocenters. The lowest BCUT2D eigenvalue weighted by atomic mass is 10.0. The lowest BCUT2D eigenvalue weighted by Gasteiger charge is -2.35. The highest BCUT2D eigenvalue weighted by Crippen LogP contribution is 2.31. The zero-order valence-electron chi connectivity index (χ0n) is 15.8. The van der Waals surface area contributed by atoms with Crippen LogP contribution in [0.1, 0.15) is 37.8 Å². The van der Waals surface area contributed by atoms with E-state index in [0.717, 1.165) is 43.6 Å². The molecule has 146 valence electrons.